The first kappa shape index (κ1) is 11.6. The second-order valence-electron chi connectivity index (χ2n) is 2.39. The number of aliphatic carboxylic acids is 1. The molecule has 74 valence electrons. The number of esters is 1. The van der Waals surface area contributed by atoms with Gasteiger partial charge in [-0.05, 0) is 13.3 Å². The fourth-order valence-electron chi connectivity index (χ4n) is 0.703. The summed E-state index contributed by atoms with van der Waals surface area (Å²) in [6.45, 7) is 1.84. The summed E-state index contributed by atoms with van der Waals surface area (Å²) in [7, 11) is 0. The van der Waals surface area contributed by atoms with E-state index >= 15 is 0 Å². The minimum atomic E-state index is -1.29. The average molecular weight is 187 g/mol. The largest absolute Gasteiger partial charge is 0.550 e. The van der Waals surface area contributed by atoms with E-state index in [1.807, 2.05) is 0 Å². The predicted octanol–water partition coefficient (Wildman–Crippen LogP) is -0.961. The Hall–Kier alpha value is -1.39. The molecule has 0 heterocycles. The van der Waals surface area contributed by atoms with Gasteiger partial charge in [-0.15, -0.1) is 0 Å². The SMILES string of the molecule is CCOC(=O)CC(=O)CCC(=O)[O-]. The Kier molecular flexibility index (Phi) is 5.50. The van der Waals surface area contributed by atoms with Gasteiger partial charge in [-0.2, -0.15) is 0 Å². The van der Waals surface area contributed by atoms with Crippen LogP contribution in [0.15, 0.2) is 0 Å². The Morgan fingerprint density at radius 3 is 2.31 bits per heavy atom. The monoisotopic (exact) mass is 187 g/mol. The van der Waals surface area contributed by atoms with Crippen molar-refractivity contribution in [2.45, 2.75) is 26.2 Å². The molecule has 0 aromatic heterocycles. The molecule has 0 saturated carbocycles. The number of carbonyl (C=O) groups is 3. The van der Waals surface area contributed by atoms with Gasteiger partial charge in [0.05, 0.1) is 6.61 Å². The number of carboxylic acids is 1. The highest BCUT2D eigenvalue weighted by Gasteiger charge is 2.09. The lowest BCUT2D eigenvalue weighted by molar-refractivity contribution is -0.305. The summed E-state index contributed by atoms with van der Waals surface area (Å²) in [5, 5.41) is 9.94. The van der Waals surface area contributed by atoms with Crippen LogP contribution in [0, 0.1) is 0 Å². The maximum Gasteiger partial charge on any atom is 0.313 e. The molecule has 0 aliphatic carbocycles. The van der Waals surface area contributed by atoms with Crippen LogP contribution in [-0.2, 0) is 19.1 Å². The van der Waals surface area contributed by atoms with Crippen LogP contribution in [0.3, 0.4) is 0 Å². The van der Waals surface area contributed by atoms with Crippen molar-refractivity contribution in [1.82, 2.24) is 0 Å². The van der Waals surface area contributed by atoms with Crippen LogP contribution < -0.4 is 5.11 Å². The Morgan fingerprint density at radius 1 is 1.23 bits per heavy atom. The van der Waals surface area contributed by atoms with Gasteiger partial charge in [-0.3, -0.25) is 9.59 Å². The summed E-state index contributed by atoms with van der Waals surface area (Å²) in [6, 6.07) is 0. The third kappa shape index (κ3) is 6.99. The van der Waals surface area contributed by atoms with Crippen LogP contribution in [0.2, 0.25) is 0 Å². The zero-order valence-electron chi connectivity index (χ0n) is 7.37. The van der Waals surface area contributed by atoms with Crippen LogP contribution in [0.5, 0.6) is 0 Å². The summed E-state index contributed by atoms with van der Waals surface area (Å²) in [5.74, 6) is -2.36. The first-order valence-electron chi connectivity index (χ1n) is 3.93. The number of hydrogen-bond donors (Lipinski definition) is 0. The summed E-state index contributed by atoms with van der Waals surface area (Å²) < 4.78 is 4.50. The Balaban J connectivity index is 3.62. The van der Waals surface area contributed by atoms with Crippen molar-refractivity contribution in [2.75, 3.05) is 6.61 Å². The molecule has 0 aliphatic heterocycles. The zero-order chi connectivity index (χ0) is 10.3. The molecule has 5 heteroatoms. The van der Waals surface area contributed by atoms with E-state index in [4.69, 9.17) is 0 Å². The molecule has 0 fully saturated rings. The highest BCUT2D eigenvalue weighted by molar-refractivity contribution is 5.96. The third-order valence-corrected chi connectivity index (χ3v) is 1.25. The standard InChI is InChI=1S/C8H12O5/c1-2-13-8(12)5-6(9)3-4-7(10)11/h2-5H2,1H3,(H,10,11)/p-1. The van der Waals surface area contributed by atoms with Gasteiger partial charge in [0.2, 0.25) is 0 Å². The second-order valence-corrected chi connectivity index (χ2v) is 2.39. The molecule has 0 radical (unpaired) electrons. The van der Waals surface area contributed by atoms with Crippen LogP contribution in [-0.4, -0.2) is 24.3 Å². The van der Waals surface area contributed by atoms with Crippen molar-refractivity contribution in [1.29, 1.82) is 0 Å². The Morgan fingerprint density at radius 2 is 1.85 bits per heavy atom. The summed E-state index contributed by atoms with van der Waals surface area (Å²) in [5.41, 5.74) is 0. The quantitative estimate of drug-likeness (QED) is 0.395. The molecule has 0 N–H and O–H groups in total. The van der Waals surface area contributed by atoms with Crippen molar-refractivity contribution < 1.29 is 24.2 Å². The van der Waals surface area contributed by atoms with E-state index in [2.05, 4.69) is 4.74 Å². The number of ether oxygens (including phenoxy) is 1. The van der Waals surface area contributed by atoms with Crippen molar-refractivity contribution in [3.05, 3.63) is 0 Å². The fourth-order valence-corrected chi connectivity index (χ4v) is 0.703. The number of carboxylic acid groups (broad SMARTS) is 1. The molecule has 0 unspecified atom stereocenters. The molecule has 0 aliphatic rings. The van der Waals surface area contributed by atoms with Gasteiger partial charge in [-0.1, -0.05) is 0 Å². The lowest BCUT2D eigenvalue weighted by atomic mass is 10.2. The van der Waals surface area contributed by atoms with Crippen LogP contribution in [0.25, 0.3) is 0 Å². The van der Waals surface area contributed by atoms with Gasteiger partial charge in [0.15, 0.2) is 0 Å². The van der Waals surface area contributed by atoms with Gasteiger partial charge in [0.1, 0.15) is 12.2 Å². The molecule has 0 amide bonds. The van der Waals surface area contributed by atoms with Gasteiger partial charge in [0, 0.05) is 12.4 Å². The van der Waals surface area contributed by atoms with Gasteiger partial charge in [-0.25, -0.2) is 0 Å². The number of rotatable bonds is 6. The summed E-state index contributed by atoms with van der Waals surface area (Å²) in [6.07, 6.45) is -0.888. The van der Waals surface area contributed by atoms with Crippen LogP contribution >= 0.6 is 0 Å². The van der Waals surface area contributed by atoms with E-state index in [0.29, 0.717) is 0 Å². The molecule has 0 atom stereocenters. The van der Waals surface area contributed by atoms with Gasteiger partial charge < -0.3 is 14.6 Å². The van der Waals surface area contributed by atoms with E-state index < -0.39 is 17.7 Å². The number of Topliss-reactive ketones (excluding diaryl/α,β-unsaturated/α-hetero) is 1. The maximum atomic E-state index is 10.8. The van der Waals surface area contributed by atoms with E-state index in [1.54, 1.807) is 6.92 Å². The average Bonchev–Trinajstić information content (AvgIpc) is 2.01. The molecule has 0 rings (SSSR count). The maximum absolute atomic E-state index is 10.8. The smallest absolute Gasteiger partial charge is 0.313 e. The van der Waals surface area contributed by atoms with Crippen LogP contribution in [0.1, 0.15) is 26.2 Å². The van der Waals surface area contributed by atoms with E-state index in [-0.39, 0.29) is 25.9 Å². The minimum absolute atomic E-state index is 0.179. The highest BCUT2D eigenvalue weighted by atomic mass is 16.5. The van der Waals surface area contributed by atoms with Crippen LogP contribution in [0.4, 0.5) is 0 Å². The Labute approximate surface area is 75.7 Å². The lowest BCUT2D eigenvalue weighted by Crippen LogP contribution is -2.23. The van der Waals surface area contributed by atoms with E-state index in [0.717, 1.165) is 0 Å². The summed E-state index contributed by atoms with van der Waals surface area (Å²) >= 11 is 0. The fraction of sp³-hybridized carbons (Fsp3) is 0.625. The zero-order valence-corrected chi connectivity index (χ0v) is 7.37. The minimum Gasteiger partial charge on any atom is -0.550 e. The third-order valence-electron chi connectivity index (χ3n) is 1.25. The summed E-state index contributed by atoms with van der Waals surface area (Å²) in [4.78, 5) is 31.5. The highest BCUT2D eigenvalue weighted by Crippen LogP contribution is 1.96. The lowest BCUT2D eigenvalue weighted by Gasteiger charge is -2.01. The molecule has 0 aromatic carbocycles. The topological polar surface area (TPSA) is 83.5 Å². The van der Waals surface area contributed by atoms with Crippen molar-refractivity contribution in [3.63, 3.8) is 0 Å². The van der Waals surface area contributed by atoms with Crippen molar-refractivity contribution in [2.24, 2.45) is 0 Å². The van der Waals surface area contributed by atoms with Crippen molar-refractivity contribution in [3.8, 4) is 0 Å². The molecule has 0 bridgehead atoms. The van der Waals surface area contributed by atoms with Crippen molar-refractivity contribution >= 4 is 17.7 Å². The molecule has 5 nitrogen and oxygen atoms in total. The first-order chi connectivity index (χ1) is 6.06. The normalized spacial score (nSPS) is 9.31. The molecule has 0 aromatic rings. The van der Waals surface area contributed by atoms with E-state index in [9.17, 15) is 19.5 Å². The molecule has 0 saturated heterocycles. The van der Waals surface area contributed by atoms with Gasteiger partial charge >= 0.3 is 5.97 Å². The molecule has 13 heavy (non-hydrogen) atoms. The number of ketones is 1. The van der Waals surface area contributed by atoms with Gasteiger partial charge in [0.25, 0.3) is 0 Å². The molecular weight excluding hydrogens is 176 g/mol. The molecule has 0 spiro atoms. The first-order valence-corrected chi connectivity index (χ1v) is 3.93. The number of hydrogen-bond acceptors (Lipinski definition) is 5. The molecular formula is C8H11O5-. The second kappa shape index (κ2) is 6.16. The number of carbonyl (C=O) groups excluding carboxylic acids is 3. The Bertz CT molecular complexity index is 209. The van der Waals surface area contributed by atoms with E-state index in [1.165, 1.54) is 0 Å². The predicted molar refractivity (Wildman–Crippen MR) is 40.5 cm³/mol.